The maximum absolute atomic E-state index is 12.3. The molecule has 1 aliphatic rings. The van der Waals surface area contributed by atoms with Crippen molar-refractivity contribution in [3.8, 4) is 0 Å². The number of sulfone groups is 1. The SMILES string of the molecule is CCC1CN(CCS(=O)(=O)C(C)(C)C)C(C(C)CC)CN1. The summed E-state index contributed by atoms with van der Waals surface area (Å²) >= 11 is 0. The molecule has 1 heterocycles. The van der Waals surface area contributed by atoms with Crippen molar-refractivity contribution in [2.45, 2.75) is 71.2 Å². The molecule has 0 amide bonds. The van der Waals surface area contributed by atoms with Gasteiger partial charge in [0.2, 0.25) is 0 Å². The topological polar surface area (TPSA) is 49.4 Å². The van der Waals surface area contributed by atoms with Gasteiger partial charge in [-0.2, -0.15) is 0 Å². The highest BCUT2D eigenvalue weighted by Gasteiger charge is 2.33. The average molecular weight is 319 g/mol. The molecule has 1 saturated heterocycles. The molecule has 3 atom stereocenters. The van der Waals surface area contributed by atoms with Crippen molar-refractivity contribution in [3.05, 3.63) is 0 Å². The van der Waals surface area contributed by atoms with Gasteiger partial charge in [-0.05, 0) is 33.1 Å². The lowest BCUT2D eigenvalue weighted by Crippen LogP contribution is -2.59. The smallest absolute Gasteiger partial charge is 0.156 e. The summed E-state index contributed by atoms with van der Waals surface area (Å²) in [4.78, 5) is 2.40. The van der Waals surface area contributed by atoms with Gasteiger partial charge in [-0.1, -0.05) is 27.2 Å². The second kappa shape index (κ2) is 7.42. The van der Waals surface area contributed by atoms with Gasteiger partial charge in [-0.15, -0.1) is 0 Å². The van der Waals surface area contributed by atoms with E-state index in [1.54, 1.807) is 20.8 Å². The quantitative estimate of drug-likeness (QED) is 0.816. The predicted octanol–water partition coefficient (Wildman–Crippen LogP) is 2.30. The Balaban J connectivity index is 2.75. The highest BCUT2D eigenvalue weighted by atomic mass is 32.2. The summed E-state index contributed by atoms with van der Waals surface area (Å²) in [5.74, 6) is 0.854. The Morgan fingerprint density at radius 2 is 1.90 bits per heavy atom. The van der Waals surface area contributed by atoms with E-state index in [-0.39, 0.29) is 5.75 Å². The van der Waals surface area contributed by atoms with Crippen molar-refractivity contribution in [3.63, 3.8) is 0 Å². The van der Waals surface area contributed by atoms with E-state index < -0.39 is 14.6 Å². The van der Waals surface area contributed by atoms with E-state index in [1.807, 2.05) is 0 Å². The summed E-state index contributed by atoms with van der Waals surface area (Å²) in [6.07, 6.45) is 2.22. The van der Waals surface area contributed by atoms with E-state index in [9.17, 15) is 8.42 Å². The minimum absolute atomic E-state index is 0.264. The average Bonchev–Trinajstić information content (AvgIpc) is 2.42. The van der Waals surface area contributed by atoms with Crippen molar-refractivity contribution in [1.29, 1.82) is 0 Å². The Morgan fingerprint density at radius 3 is 2.38 bits per heavy atom. The zero-order valence-electron chi connectivity index (χ0n) is 14.6. The molecule has 0 aliphatic carbocycles. The number of rotatable bonds is 6. The summed E-state index contributed by atoms with van der Waals surface area (Å²) < 4.78 is 24.0. The second-order valence-corrected chi connectivity index (χ2v) is 10.3. The monoisotopic (exact) mass is 318 g/mol. The van der Waals surface area contributed by atoms with E-state index in [0.29, 0.717) is 24.5 Å². The molecule has 0 aromatic carbocycles. The van der Waals surface area contributed by atoms with Gasteiger partial charge in [0.25, 0.3) is 0 Å². The third kappa shape index (κ3) is 4.93. The molecule has 0 aromatic rings. The maximum Gasteiger partial charge on any atom is 0.156 e. The first-order valence-corrected chi connectivity index (χ1v) is 9.97. The Morgan fingerprint density at radius 1 is 1.29 bits per heavy atom. The van der Waals surface area contributed by atoms with Crippen LogP contribution in [0.4, 0.5) is 0 Å². The Bertz CT molecular complexity index is 414. The molecule has 4 nitrogen and oxygen atoms in total. The van der Waals surface area contributed by atoms with Crippen molar-refractivity contribution in [2.24, 2.45) is 5.92 Å². The molecule has 0 bridgehead atoms. The van der Waals surface area contributed by atoms with E-state index in [2.05, 4.69) is 31.0 Å². The van der Waals surface area contributed by atoms with Crippen LogP contribution < -0.4 is 5.32 Å². The Labute approximate surface area is 131 Å². The number of hydrogen-bond acceptors (Lipinski definition) is 4. The largest absolute Gasteiger partial charge is 0.311 e. The lowest BCUT2D eigenvalue weighted by Gasteiger charge is -2.43. The molecule has 0 saturated carbocycles. The Hall–Kier alpha value is -0.130. The zero-order valence-corrected chi connectivity index (χ0v) is 15.5. The van der Waals surface area contributed by atoms with Gasteiger partial charge >= 0.3 is 0 Å². The molecular formula is C16H34N2O2S. The highest BCUT2D eigenvalue weighted by Crippen LogP contribution is 2.21. The number of nitrogens with zero attached hydrogens (tertiary/aromatic N) is 1. The van der Waals surface area contributed by atoms with Gasteiger partial charge in [-0.3, -0.25) is 4.90 Å². The predicted molar refractivity (Wildman–Crippen MR) is 90.4 cm³/mol. The summed E-state index contributed by atoms with van der Waals surface area (Å²) in [7, 11) is -3.04. The fourth-order valence-electron chi connectivity index (χ4n) is 2.81. The second-order valence-electron chi connectivity index (χ2n) is 7.39. The fourth-order valence-corrected chi connectivity index (χ4v) is 3.89. The van der Waals surface area contributed by atoms with E-state index in [0.717, 1.165) is 25.9 Å². The molecule has 0 spiro atoms. The molecule has 0 radical (unpaired) electrons. The minimum atomic E-state index is -3.04. The molecule has 0 aromatic heterocycles. The van der Waals surface area contributed by atoms with Crippen LogP contribution in [0.15, 0.2) is 0 Å². The first-order valence-electron chi connectivity index (χ1n) is 8.32. The van der Waals surface area contributed by atoms with Crippen LogP contribution >= 0.6 is 0 Å². The zero-order chi connectivity index (χ0) is 16.3. The molecule has 3 unspecified atom stereocenters. The summed E-state index contributed by atoms with van der Waals surface area (Å²) in [6.45, 7) is 14.6. The molecule has 21 heavy (non-hydrogen) atoms. The van der Waals surface area contributed by atoms with Crippen molar-refractivity contribution in [1.82, 2.24) is 10.2 Å². The van der Waals surface area contributed by atoms with Crippen LogP contribution in [0.1, 0.15) is 54.4 Å². The van der Waals surface area contributed by atoms with Gasteiger partial charge in [0, 0.05) is 31.7 Å². The molecule has 1 N–H and O–H groups in total. The van der Waals surface area contributed by atoms with Crippen LogP contribution in [0, 0.1) is 5.92 Å². The third-order valence-electron chi connectivity index (χ3n) is 4.91. The van der Waals surface area contributed by atoms with Gasteiger partial charge < -0.3 is 5.32 Å². The standard InChI is InChI=1S/C16H34N2O2S/c1-7-13(3)15-11-17-14(8-2)12-18(15)9-10-21(19,20)16(4,5)6/h13-15,17H,7-12H2,1-6H3. The van der Waals surface area contributed by atoms with Crippen LogP contribution in [0.3, 0.4) is 0 Å². The van der Waals surface area contributed by atoms with Crippen molar-refractivity contribution in [2.75, 3.05) is 25.4 Å². The van der Waals surface area contributed by atoms with Gasteiger partial charge in [0.15, 0.2) is 9.84 Å². The number of nitrogens with one attached hydrogen (secondary N) is 1. The van der Waals surface area contributed by atoms with Crippen LogP contribution in [-0.2, 0) is 9.84 Å². The van der Waals surface area contributed by atoms with Crippen LogP contribution in [-0.4, -0.2) is 55.5 Å². The molecule has 1 aliphatic heterocycles. The highest BCUT2D eigenvalue weighted by molar-refractivity contribution is 7.92. The minimum Gasteiger partial charge on any atom is -0.311 e. The fraction of sp³-hybridized carbons (Fsp3) is 1.00. The van der Waals surface area contributed by atoms with Crippen LogP contribution in [0.2, 0.25) is 0 Å². The first-order chi connectivity index (χ1) is 9.62. The van der Waals surface area contributed by atoms with Crippen LogP contribution in [0.5, 0.6) is 0 Å². The number of hydrogen-bond donors (Lipinski definition) is 1. The van der Waals surface area contributed by atoms with E-state index >= 15 is 0 Å². The summed E-state index contributed by atoms with van der Waals surface area (Å²) in [6, 6.07) is 0.940. The maximum atomic E-state index is 12.3. The first kappa shape index (κ1) is 18.9. The van der Waals surface area contributed by atoms with E-state index in [4.69, 9.17) is 0 Å². The number of piperazine rings is 1. The molecule has 1 fully saturated rings. The lowest BCUT2D eigenvalue weighted by molar-refractivity contribution is 0.0966. The van der Waals surface area contributed by atoms with Gasteiger partial charge in [0.05, 0.1) is 10.5 Å². The van der Waals surface area contributed by atoms with Crippen molar-refractivity contribution >= 4 is 9.84 Å². The molecule has 5 heteroatoms. The Kier molecular flexibility index (Phi) is 6.69. The van der Waals surface area contributed by atoms with Crippen LogP contribution in [0.25, 0.3) is 0 Å². The molecule has 126 valence electrons. The van der Waals surface area contributed by atoms with E-state index in [1.165, 1.54) is 0 Å². The summed E-state index contributed by atoms with van der Waals surface area (Å²) in [5, 5.41) is 3.60. The molecule has 1 rings (SSSR count). The van der Waals surface area contributed by atoms with Gasteiger partial charge in [-0.25, -0.2) is 8.42 Å². The summed E-state index contributed by atoms with van der Waals surface area (Å²) in [5.41, 5.74) is 0. The normalized spacial score (nSPS) is 26.8. The third-order valence-corrected chi connectivity index (χ3v) is 7.50. The van der Waals surface area contributed by atoms with Gasteiger partial charge in [0.1, 0.15) is 0 Å². The molecular weight excluding hydrogens is 284 g/mol. The lowest BCUT2D eigenvalue weighted by atomic mass is 9.94. The van der Waals surface area contributed by atoms with Crippen molar-refractivity contribution < 1.29 is 8.42 Å².